The van der Waals surface area contributed by atoms with E-state index >= 15 is 0 Å². The van der Waals surface area contributed by atoms with E-state index < -0.39 is 0 Å². The van der Waals surface area contributed by atoms with Gasteiger partial charge in [-0.05, 0) is 43.2 Å². The van der Waals surface area contributed by atoms with Crippen molar-refractivity contribution in [2.24, 2.45) is 11.8 Å². The van der Waals surface area contributed by atoms with Crippen molar-refractivity contribution in [2.75, 3.05) is 40.4 Å². The molecule has 3 rings (SSSR count). The largest absolute Gasteiger partial charge is 0.372 e. The van der Waals surface area contributed by atoms with Gasteiger partial charge in [0.1, 0.15) is 6.61 Å². The van der Waals surface area contributed by atoms with Gasteiger partial charge in [0.2, 0.25) is 5.91 Å². The molecule has 5 nitrogen and oxygen atoms in total. The van der Waals surface area contributed by atoms with Crippen LogP contribution in [-0.2, 0) is 22.6 Å². The summed E-state index contributed by atoms with van der Waals surface area (Å²) < 4.78 is 8.00. The number of amides is 1. The van der Waals surface area contributed by atoms with Crippen LogP contribution in [0.1, 0.15) is 31.4 Å². The first-order chi connectivity index (χ1) is 11.6. The van der Waals surface area contributed by atoms with Gasteiger partial charge in [-0.3, -0.25) is 9.69 Å². The molecule has 1 saturated carbocycles. The average Bonchev–Trinajstić information content (AvgIpc) is 2.86. The molecule has 5 heteroatoms. The first-order valence-corrected chi connectivity index (χ1v) is 9.26. The second-order valence-electron chi connectivity index (χ2n) is 7.64. The van der Waals surface area contributed by atoms with Crippen LogP contribution < -0.4 is 0 Å². The number of nitrogens with zero attached hydrogens (tertiary/aromatic N) is 3. The summed E-state index contributed by atoms with van der Waals surface area (Å²) in [6.07, 6.45) is 7.42. The highest BCUT2D eigenvalue weighted by molar-refractivity contribution is 5.76. The number of rotatable bonds is 7. The quantitative estimate of drug-likeness (QED) is 0.718. The number of carbonyl (C=O) groups excluding carboxylic acids is 1. The summed E-state index contributed by atoms with van der Waals surface area (Å²) in [6.45, 7) is 5.37. The van der Waals surface area contributed by atoms with E-state index in [4.69, 9.17) is 4.74 Å². The van der Waals surface area contributed by atoms with Crippen molar-refractivity contribution in [3.8, 4) is 0 Å². The lowest BCUT2D eigenvalue weighted by Crippen LogP contribution is -2.35. The van der Waals surface area contributed by atoms with Gasteiger partial charge in [-0.2, -0.15) is 0 Å². The van der Waals surface area contributed by atoms with Crippen molar-refractivity contribution in [1.82, 2.24) is 14.4 Å². The van der Waals surface area contributed by atoms with Crippen molar-refractivity contribution >= 4 is 5.91 Å². The lowest BCUT2D eigenvalue weighted by molar-refractivity contribution is -0.133. The normalized spacial score (nSPS) is 21.8. The molecule has 1 fully saturated rings. The Kier molecular flexibility index (Phi) is 5.95. The van der Waals surface area contributed by atoms with Gasteiger partial charge in [0.05, 0.1) is 0 Å². The molecule has 2 heterocycles. The number of ether oxygens (including phenoxy) is 1. The lowest BCUT2D eigenvalue weighted by Gasteiger charge is -2.32. The van der Waals surface area contributed by atoms with Crippen LogP contribution in [0.3, 0.4) is 0 Å². The molecule has 1 unspecified atom stereocenters. The molecular formula is C19H31N3O2. The summed E-state index contributed by atoms with van der Waals surface area (Å²) >= 11 is 0. The molecule has 0 bridgehead atoms. The number of hydrogen-bond donors (Lipinski definition) is 0. The van der Waals surface area contributed by atoms with E-state index in [1.165, 1.54) is 31.5 Å². The molecule has 0 N–H and O–H groups in total. The second kappa shape index (κ2) is 8.17. The molecular weight excluding hydrogens is 302 g/mol. The average molecular weight is 333 g/mol. The molecule has 1 aliphatic heterocycles. The third-order valence-corrected chi connectivity index (χ3v) is 5.42. The second-order valence-corrected chi connectivity index (χ2v) is 7.64. The van der Waals surface area contributed by atoms with Gasteiger partial charge in [-0.25, -0.2) is 0 Å². The van der Waals surface area contributed by atoms with Crippen molar-refractivity contribution in [3.63, 3.8) is 0 Å². The molecule has 1 amide bonds. The fraction of sp³-hybridized carbons (Fsp3) is 0.737. The Morgan fingerprint density at radius 2 is 2.12 bits per heavy atom. The Bertz CT molecular complexity index is 536. The number of likely N-dealkylation sites (N-methyl/N-ethyl adjacent to an activating group) is 1. The molecule has 1 aromatic heterocycles. The maximum Gasteiger partial charge on any atom is 0.248 e. The number of hydrogen-bond acceptors (Lipinski definition) is 3. The van der Waals surface area contributed by atoms with E-state index in [0.29, 0.717) is 12.5 Å². The van der Waals surface area contributed by atoms with Gasteiger partial charge in [0.25, 0.3) is 0 Å². The van der Waals surface area contributed by atoms with E-state index in [1.54, 1.807) is 19.0 Å². The number of carbonyl (C=O) groups is 1. The van der Waals surface area contributed by atoms with Crippen molar-refractivity contribution in [1.29, 1.82) is 0 Å². The minimum atomic E-state index is 0.0372. The smallest absolute Gasteiger partial charge is 0.248 e. The molecule has 1 atom stereocenters. The van der Waals surface area contributed by atoms with E-state index in [2.05, 4.69) is 27.8 Å². The molecule has 0 radical (unpaired) electrons. The monoisotopic (exact) mass is 333 g/mol. The van der Waals surface area contributed by atoms with Gasteiger partial charge >= 0.3 is 0 Å². The fourth-order valence-corrected chi connectivity index (χ4v) is 3.67. The Morgan fingerprint density at radius 3 is 2.83 bits per heavy atom. The van der Waals surface area contributed by atoms with Crippen LogP contribution in [-0.4, -0.2) is 60.7 Å². The minimum Gasteiger partial charge on any atom is -0.372 e. The third kappa shape index (κ3) is 4.61. The van der Waals surface area contributed by atoms with Gasteiger partial charge in [0.15, 0.2) is 0 Å². The molecule has 1 aromatic rings. The summed E-state index contributed by atoms with van der Waals surface area (Å²) in [7, 11) is 3.53. The van der Waals surface area contributed by atoms with Gasteiger partial charge in [-0.15, -0.1) is 0 Å². The van der Waals surface area contributed by atoms with Crippen LogP contribution in [0.15, 0.2) is 18.3 Å². The van der Waals surface area contributed by atoms with Crippen LogP contribution >= 0.6 is 0 Å². The molecule has 0 spiro atoms. The molecule has 134 valence electrons. The molecule has 24 heavy (non-hydrogen) atoms. The standard InChI is InChI=1S/C19H31N3O2/c1-20(2)19(23)15-24-10-8-17-12-21(11-16-5-3-6-16)14-18-7-4-9-22(18)13-17/h4,7,9,16-17H,3,5-6,8,10-15H2,1-2H3. The van der Waals surface area contributed by atoms with E-state index in [0.717, 1.165) is 32.0 Å². The van der Waals surface area contributed by atoms with E-state index in [-0.39, 0.29) is 12.5 Å². The highest BCUT2D eigenvalue weighted by atomic mass is 16.5. The number of aromatic nitrogens is 1. The Morgan fingerprint density at radius 1 is 1.29 bits per heavy atom. The van der Waals surface area contributed by atoms with Gasteiger partial charge < -0.3 is 14.2 Å². The predicted molar refractivity (Wildman–Crippen MR) is 94.7 cm³/mol. The van der Waals surface area contributed by atoms with E-state index in [9.17, 15) is 4.79 Å². The first-order valence-electron chi connectivity index (χ1n) is 9.26. The molecule has 0 saturated heterocycles. The summed E-state index contributed by atoms with van der Waals surface area (Å²) in [5.41, 5.74) is 1.43. The molecule has 1 aliphatic carbocycles. The highest BCUT2D eigenvalue weighted by Gasteiger charge is 2.26. The van der Waals surface area contributed by atoms with Gasteiger partial charge in [0, 0.05) is 58.8 Å². The maximum atomic E-state index is 11.6. The van der Waals surface area contributed by atoms with Crippen LogP contribution in [0.5, 0.6) is 0 Å². The lowest BCUT2D eigenvalue weighted by atomic mass is 9.85. The fourth-order valence-electron chi connectivity index (χ4n) is 3.67. The van der Waals surface area contributed by atoms with Crippen LogP contribution in [0.4, 0.5) is 0 Å². The molecule has 0 aromatic carbocycles. The summed E-state index contributed by atoms with van der Waals surface area (Å²) in [4.78, 5) is 15.8. The predicted octanol–water partition coefficient (Wildman–Crippen LogP) is 2.21. The van der Waals surface area contributed by atoms with Crippen molar-refractivity contribution < 1.29 is 9.53 Å². The zero-order valence-electron chi connectivity index (χ0n) is 15.1. The zero-order chi connectivity index (χ0) is 16.9. The maximum absolute atomic E-state index is 11.6. The summed E-state index contributed by atoms with van der Waals surface area (Å²) in [5, 5.41) is 0. The van der Waals surface area contributed by atoms with Crippen LogP contribution in [0.25, 0.3) is 0 Å². The Balaban J connectivity index is 1.50. The topological polar surface area (TPSA) is 37.7 Å². The van der Waals surface area contributed by atoms with Crippen LogP contribution in [0, 0.1) is 11.8 Å². The summed E-state index contributed by atoms with van der Waals surface area (Å²) in [6, 6.07) is 4.41. The van der Waals surface area contributed by atoms with Gasteiger partial charge in [-0.1, -0.05) is 6.42 Å². The Hall–Kier alpha value is -1.33. The van der Waals surface area contributed by atoms with Crippen molar-refractivity contribution in [3.05, 3.63) is 24.0 Å². The molecule has 2 aliphatic rings. The minimum absolute atomic E-state index is 0.0372. The highest BCUT2D eigenvalue weighted by Crippen LogP contribution is 2.29. The Labute approximate surface area is 145 Å². The first kappa shape index (κ1) is 17.5. The van der Waals surface area contributed by atoms with E-state index in [1.807, 2.05) is 0 Å². The van der Waals surface area contributed by atoms with Crippen molar-refractivity contribution in [2.45, 2.75) is 38.8 Å². The summed E-state index contributed by atoms with van der Waals surface area (Å²) in [5.74, 6) is 1.53. The number of fused-ring (bicyclic) bond motifs is 1. The van der Waals surface area contributed by atoms with Crippen LogP contribution in [0.2, 0.25) is 0 Å². The SMILES string of the molecule is CN(C)C(=O)COCCC1CN(CC2CCC2)Cc2cccn2C1. The third-order valence-electron chi connectivity index (χ3n) is 5.42. The zero-order valence-corrected chi connectivity index (χ0v) is 15.1.